The lowest BCUT2D eigenvalue weighted by molar-refractivity contribution is 0.0955. The van der Waals surface area contributed by atoms with Gasteiger partial charge in [-0.15, -0.1) is 0 Å². The second kappa shape index (κ2) is 7.51. The Balaban J connectivity index is 1.70. The molecule has 0 fully saturated rings. The summed E-state index contributed by atoms with van der Waals surface area (Å²) >= 11 is 0. The van der Waals surface area contributed by atoms with Crippen molar-refractivity contribution < 1.29 is 13.9 Å². The fraction of sp³-hybridized carbons (Fsp3) is 0.167. The molecule has 146 valence electrons. The predicted octanol–water partition coefficient (Wildman–Crippen LogP) is 4.72. The van der Waals surface area contributed by atoms with Gasteiger partial charge in [-0.05, 0) is 74.0 Å². The minimum absolute atomic E-state index is 0.254. The highest BCUT2D eigenvalue weighted by molar-refractivity contribution is 6.13. The molecule has 1 amide bonds. The normalized spacial score (nSPS) is 14.8. The molecule has 0 atom stereocenters. The van der Waals surface area contributed by atoms with Gasteiger partial charge in [0.15, 0.2) is 0 Å². The number of hydrazone groups is 1. The van der Waals surface area contributed by atoms with E-state index >= 15 is 0 Å². The van der Waals surface area contributed by atoms with Crippen molar-refractivity contribution in [1.29, 1.82) is 0 Å². The molecule has 29 heavy (non-hydrogen) atoms. The number of benzene rings is 3. The molecule has 1 aliphatic heterocycles. The molecule has 0 aromatic heterocycles. The largest absolute Gasteiger partial charge is 0.487 e. The van der Waals surface area contributed by atoms with Gasteiger partial charge in [0, 0.05) is 23.1 Å². The van der Waals surface area contributed by atoms with Crippen molar-refractivity contribution in [1.82, 2.24) is 5.43 Å². The number of nitrogens with one attached hydrogen (secondary N) is 1. The maximum atomic E-state index is 13.4. The molecule has 3 aromatic rings. The van der Waals surface area contributed by atoms with Gasteiger partial charge in [0.2, 0.25) is 0 Å². The number of carbonyl (C=O) groups is 1. The van der Waals surface area contributed by atoms with E-state index in [4.69, 9.17) is 4.74 Å². The van der Waals surface area contributed by atoms with Crippen LogP contribution in [0.15, 0.2) is 77.9 Å². The van der Waals surface area contributed by atoms with Gasteiger partial charge in [0.05, 0.1) is 5.71 Å². The number of carbonyl (C=O) groups excluding carboxylic acids is 1. The molecule has 0 saturated heterocycles. The first kappa shape index (κ1) is 18.9. The molecule has 0 saturated carbocycles. The molecule has 0 aliphatic carbocycles. The predicted molar refractivity (Wildman–Crippen MR) is 111 cm³/mol. The maximum Gasteiger partial charge on any atom is 0.271 e. The Morgan fingerprint density at radius 2 is 1.66 bits per heavy atom. The van der Waals surface area contributed by atoms with E-state index in [0.29, 0.717) is 16.8 Å². The van der Waals surface area contributed by atoms with E-state index in [2.05, 4.69) is 10.5 Å². The lowest BCUT2D eigenvalue weighted by Crippen LogP contribution is -2.24. The molecule has 1 N–H and O–H groups in total. The highest BCUT2D eigenvalue weighted by Crippen LogP contribution is 2.35. The van der Waals surface area contributed by atoms with Crippen LogP contribution in [-0.2, 0) is 6.42 Å². The average molecular weight is 388 g/mol. The van der Waals surface area contributed by atoms with Crippen LogP contribution in [0.25, 0.3) is 0 Å². The number of nitrogens with zero attached hydrogens (tertiary/aromatic N) is 1. The van der Waals surface area contributed by atoms with Crippen LogP contribution in [0.3, 0.4) is 0 Å². The number of rotatable bonds is 4. The summed E-state index contributed by atoms with van der Waals surface area (Å²) in [4.78, 5) is 12.4. The van der Waals surface area contributed by atoms with E-state index in [9.17, 15) is 9.18 Å². The van der Waals surface area contributed by atoms with Crippen LogP contribution in [0.2, 0.25) is 0 Å². The summed E-state index contributed by atoms with van der Waals surface area (Å²) in [5.41, 5.74) is 6.05. The van der Waals surface area contributed by atoms with Gasteiger partial charge in [0.25, 0.3) is 5.91 Å². The maximum absolute atomic E-state index is 13.4. The number of halogens is 1. The van der Waals surface area contributed by atoms with Crippen LogP contribution in [-0.4, -0.2) is 17.2 Å². The minimum Gasteiger partial charge on any atom is -0.487 e. The number of fused-ring (bicyclic) bond motifs is 1. The first-order valence-corrected chi connectivity index (χ1v) is 9.43. The highest BCUT2D eigenvalue weighted by atomic mass is 19.1. The number of ether oxygens (including phenoxy) is 1. The number of hydrogen-bond acceptors (Lipinski definition) is 3. The van der Waals surface area contributed by atoms with E-state index < -0.39 is 0 Å². The summed E-state index contributed by atoms with van der Waals surface area (Å²) < 4.78 is 19.4. The molecule has 0 spiro atoms. The summed E-state index contributed by atoms with van der Waals surface area (Å²) in [7, 11) is 0. The van der Waals surface area contributed by atoms with Crippen LogP contribution in [0, 0.1) is 5.82 Å². The van der Waals surface area contributed by atoms with Crippen LogP contribution in [0.5, 0.6) is 5.75 Å². The van der Waals surface area contributed by atoms with E-state index in [-0.39, 0.29) is 17.3 Å². The molecule has 3 aromatic carbocycles. The van der Waals surface area contributed by atoms with E-state index in [1.165, 1.54) is 12.1 Å². The molecular weight excluding hydrogens is 367 g/mol. The SMILES string of the molecule is CC1(C)Cc2cc(/C(=N/NC(=O)c3ccccc3)c3ccc(F)cc3)ccc2O1. The summed E-state index contributed by atoms with van der Waals surface area (Å²) in [6.45, 7) is 4.09. The molecule has 4 nitrogen and oxygen atoms in total. The van der Waals surface area contributed by atoms with E-state index in [1.807, 2.05) is 38.1 Å². The minimum atomic E-state index is -0.328. The number of amides is 1. The van der Waals surface area contributed by atoms with Gasteiger partial charge in [-0.2, -0.15) is 5.10 Å². The Morgan fingerprint density at radius 3 is 2.38 bits per heavy atom. The molecular formula is C24H21FN2O2. The molecule has 4 rings (SSSR count). The standard InChI is InChI=1S/C24H21FN2O2/c1-24(2)15-19-14-18(10-13-21(19)29-24)22(16-8-11-20(25)12-9-16)26-27-23(28)17-6-4-3-5-7-17/h3-14H,15H2,1-2H3,(H,27,28)/b26-22+. The average Bonchev–Trinajstić information content (AvgIpc) is 3.03. The van der Waals surface area contributed by atoms with Gasteiger partial charge in [-0.3, -0.25) is 4.79 Å². The molecule has 5 heteroatoms. The molecule has 0 bridgehead atoms. The third-order valence-electron chi connectivity index (χ3n) is 4.76. The zero-order valence-corrected chi connectivity index (χ0v) is 16.3. The van der Waals surface area contributed by atoms with E-state index in [1.54, 1.807) is 36.4 Å². The zero-order chi connectivity index (χ0) is 20.4. The van der Waals surface area contributed by atoms with Crippen molar-refractivity contribution in [3.8, 4) is 5.75 Å². The first-order valence-electron chi connectivity index (χ1n) is 9.43. The third kappa shape index (κ3) is 4.19. The Hall–Kier alpha value is -3.47. The van der Waals surface area contributed by atoms with Crippen LogP contribution in [0.4, 0.5) is 4.39 Å². The van der Waals surface area contributed by atoms with Crippen LogP contribution >= 0.6 is 0 Å². The van der Waals surface area contributed by atoms with Crippen molar-refractivity contribution in [2.45, 2.75) is 25.9 Å². The van der Waals surface area contributed by atoms with Gasteiger partial charge in [0.1, 0.15) is 17.2 Å². The van der Waals surface area contributed by atoms with Crippen molar-refractivity contribution >= 4 is 11.6 Å². The lowest BCUT2D eigenvalue weighted by atomic mass is 9.96. The second-order valence-corrected chi connectivity index (χ2v) is 7.64. The van der Waals surface area contributed by atoms with Gasteiger partial charge < -0.3 is 4.74 Å². The third-order valence-corrected chi connectivity index (χ3v) is 4.76. The summed E-state index contributed by atoms with van der Waals surface area (Å²) in [6, 6.07) is 20.8. The van der Waals surface area contributed by atoms with Crippen molar-refractivity contribution in [2.24, 2.45) is 5.10 Å². The van der Waals surface area contributed by atoms with Crippen molar-refractivity contribution in [3.63, 3.8) is 0 Å². The topological polar surface area (TPSA) is 50.7 Å². The fourth-order valence-corrected chi connectivity index (χ4v) is 3.42. The highest BCUT2D eigenvalue weighted by Gasteiger charge is 2.30. The molecule has 0 unspecified atom stereocenters. The summed E-state index contributed by atoms with van der Waals surface area (Å²) in [5.74, 6) is 0.215. The number of hydrogen-bond donors (Lipinski definition) is 1. The Morgan fingerprint density at radius 1 is 0.966 bits per heavy atom. The van der Waals surface area contributed by atoms with Crippen LogP contribution < -0.4 is 10.2 Å². The van der Waals surface area contributed by atoms with Gasteiger partial charge in [-0.1, -0.05) is 18.2 Å². The Labute approximate surface area is 169 Å². The summed E-state index contributed by atoms with van der Waals surface area (Å²) in [6.07, 6.45) is 0.781. The summed E-state index contributed by atoms with van der Waals surface area (Å²) in [5, 5.41) is 4.39. The molecule has 0 radical (unpaired) electrons. The van der Waals surface area contributed by atoms with E-state index in [0.717, 1.165) is 23.3 Å². The van der Waals surface area contributed by atoms with Crippen LogP contribution in [0.1, 0.15) is 40.9 Å². The van der Waals surface area contributed by atoms with Crippen molar-refractivity contribution in [2.75, 3.05) is 0 Å². The van der Waals surface area contributed by atoms with Gasteiger partial charge in [-0.25, -0.2) is 9.82 Å². The molecule has 1 aliphatic rings. The zero-order valence-electron chi connectivity index (χ0n) is 16.3. The fourth-order valence-electron chi connectivity index (χ4n) is 3.42. The smallest absolute Gasteiger partial charge is 0.271 e. The first-order chi connectivity index (χ1) is 13.9. The quantitative estimate of drug-likeness (QED) is 0.519. The molecule has 1 heterocycles. The Kier molecular flexibility index (Phi) is 4.89. The monoisotopic (exact) mass is 388 g/mol. The van der Waals surface area contributed by atoms with Gasteiger partial charge >= 0.3 is 0 Å². The second-order valence-electron chi connectivity index (χ2n) is 7.64. The van der Waals surface area contributed by atoms with Crippen molar-refractivity contribution in [3.05, 3.63) is 101 Å². The Bertz CT molecular complexity index is 1070. The lowest BCUT2D eigenvalue weighted by Gasteiger charge is -2.16.